The highest BCUT2D eigenvalue weighted by Crippen LogP contribution is 2.52. The van der Waals surface area contributed by atoms with Gasteiger partial charge in [-0.05, 0) is 30.2 Å². The van der Waals surface area contributed by atoms with Gasteiger partial charge in [0.1, 0.15) is 60.1 Å². The second kappa shape index (κ2) is 18.4. The van der Waals surface area contributed by atoms with E-state index in [1.165, 1.54) is 30.3 Å². The highest BCUT2D eigenvalue weighted by molar-refractivity contribution is 7.99. The van der Waals surface area contributed by atoms with Gasteiger partial charge in [-0.1, -0.05) is 18.2 Å². The van der Waals surface area contributed by atoms with Gasteiger partial charge in [-0.15, -0.1) is 11.8 Å². The summed E-state index contributed by atoms with van der Waals surface area (Å²) in [5, 5.41) is 105. The highest BCUT2D eigenvalue weighted by Gasteiger charge is 2.46. The number of hydrogen-bond acceptors (Lipinski definition) is 17. The van der Waals surface area contributed by atoms with E-state index in [1.54, 1.807) is 0 Å². The molecule has 52 heavy (non-hydrogen) atoms. The number of carboxylic acids is 2. The minimum atomic E-state index is -2.07. The minimum Gasteiger partial charge on any atom is -0.508 e. The number of allylic oxidation sites excluding steroid dienone is 1. The number of carbonyl (C=O) groups excluding carboxylic acids is 3. The standard InChI is InChI=1S/C31H37N3O17S/c32-14(30(48)49)6-8-18(38)34-15(29(47)33-9-19(39)40)11-52-28-22(42)20(16(37)7-3-12-1-4-13(36)5-2-12)27(24(44)25(28)45)51-31-26(46)23(43)21(41)17(10-35)50-31/h1-5,7,14-15,17,21,23,26,31,35-36,41-46H,6,8-11,32H2,(H,33,47)(H,34,38)(H,39,40)(H,48,49)/b7-3+. The number of carboxylic acid groups (broad SMARTS) is 2. The monoisotopic (exact) mass is 755 g/mol. The molecule has 284 valence electrons. The van der Waals surface area contributed by atoms with Crippen molar-refractivity contribution in [3.05, 3.63) is 41.5 Å². The number of hydrogen-bond donors (Lipinski definition) is 13. The molecule has 1 saturated heterocycles. The number of phenolic OH excluding ortho intramolecular Hbond substituents is 4. The summed E-state index contributed by atoms with van der Waals surface area (Å²) in [6.45, 7) is -1.76. The average molecular weight is 756 g/mol. The molecule has 7 atom stereocenters. The summed E-state index contributed by atoms with van der Waals surface area (Å²) < 4.78 is 10.7. The van der Waals surface area contributed by atoms with Crippen LogP contribution in [0.5, 0.6) is 28.7 Å². The van der Waals surface area contributed by atoms with E-state index in [0.29, 0.717) is 17.3 Å². The molecule has 0 bridgehead atoms. The Balaban J connectivity index is 2.04. The molecule has 0 aliphatic carbocycles. The van der Waals surface area contributed by atoms with E-state index in [-0.39, 0.29) is 12.2 Å². The van der Waals surface area contributed by atoms with Crippen molar-refractivity contribution in [1.82, 2.24) is 10.6 Å². The predicted octanol–water partition coefficient (Wildman–Crippen LogP) is -2.45. The summed E-state index contributed by atoms with van der Waals surface area (Å²) in [5.41, 5.74) is 4.91. The van der Waals surface area contributed by atoms with Gasteiger partial charge in [0.25, 0.3) is 0 Å². The molecule has 2 aromatic carbocycles. The van der Waals surface area contributed by atoms with Crippen LogP contribution in [-0.2, 0) is 23.9 Å². The minimum absolute atomic E-state index is 0.0866. The lowest BCUT2D eigenvalue weighted by Gasteiger charge is -2.39. The van der Waals surface area contributed by atoms with Crippen molar-refractivity contribution in [3.8, 4) is 28.7 Å². The van der Waals surface area contributed by atoms with Gasteiger partial charge in [0, 0.05) is 12.2 Å². The van der Waals surface area contributed by atoms with Crippen molar-refractivity contribution in [2.24, 2.45) is 5.73 Å². The maximum Gasteiger partial charge on any atom is 0.322 e. The number of benzene rings is 2. The van der Waals surface area contributed by atoms with Crippen molar-refractivity contribution in [2.45, 2.75) is 60.5 Å². The molecular weight excluding hydrogens is 718 g/mol. The van der Waals surface area contributed by atoms with Crippen LogP contribution in [0.15, 0.2) is 35.2 Å². The Labute approximate surface area is 297 Å². The van der Waals surface area contributed by atoms with Crippen molar-refractivity contribution in [2.75, 3.05) is 18.9 Å². The Hall–Kier alpha value is -5.16. The Morgan fingerprint density at radius 2 is 1.60 bits per heavy atom. The van der Waals surface area contributed by atoms with Crippen LogP contribution in [0, 0.1) is 0 Å². The second-order valence-corrected chi connectivity index (χ2v) is 12.2. The van der Waals surface area contributed by atoms with Crippen LogP contribution in [0.3, 0.4) is 0 Å². The molecule has 1 heterocycles. The molecule has 0 spiro atoms. The lowest BCUT2D eigenvalue weighted by Crippen LogP contribution is -2.60. The Bertz CT molecular complexity index is 1670. The first-order valence-electron chi connectivity index (χ1n) is 15.2. The number of amides is 2. The van der Waals surface area contributed by atoms with Crippen LogP contribution in [0.2, 0.25) is 0 Å². The van der Waals surface area contributed by atoms with E-state index >= 15 is 0 Å². The van der Waals surface area contributed by atoms with E-state index in [9.17, 15) is 64.8 Å². The molecule has 2 amide bonds. The maximum atomic E-state index is 13.6. The summed E-state index contributed by atoms with van der Waals surface area (Å²) >= 11 is 0.389. The largest absolute Gasteiger partial charge is 0.508 e. The van der Waals surface area contributed by atoms with Crippen molar-refractivity contribution < 1.29 is 84.5 Å². The first kappa shape index (κ1) is 41.3. The Morgan fingerprint density at radius 1 is 0.942 bits per heavy atom. The number of ketones is 1. The van der Waals surface area contributed by atoms with E-state index in [0.717, 1.165) is 6.08 Å². The molecule has 1 fully saturated rings. The molecular formula is C31H37N3O17S. The van der Waals surface area contributed by atoms with Gasteiger partial charge in [0.2, 0.25) is 23.9 Å². The molecule has 14 N–H and O–H groups in total. The molecule has 0 saturated carbocycles. The number of phenols is 4. The van der Waals surface area contributed by atoms with Gasteiger partial charge in [-0.25, -0.2) is 0 Å². The summed E-state index contributed by atoms with van der Waals surface area (Å²) in [6, 6.07) is 2.41. The van der Waals surface area contributed by atoms with Crippen LogP contribution in [0.25, 0.3) is 6.08 Å². The number of aliphatic hydroxyl groups is 4. The Kier molecular flexibility index (Phi) is 14.6. The normalized spacial score (nSPS) is 21.2. The summed E-state index contributed by atoms with van der Waals surface area (Å²) in [5.74, 6) is -11.1. The average Bonchev–Trinajstić information content (AvgIpc) is 3.10. The van der Waals surface area contributed by atoms with Gasteiger partial charge in [-0.2, -0.15) is 0 Å². The zero-order valence-electron chi connectivity index (χ0n) is 26.9. The number of nitrogens with two attached hydrogens (primary N) is 1. The smallest absolute Gasteiger partial charge is 0.322 e. The fourth-order valence-electron chi connectivity index (χ4n) is 4.58. The van der Waals surface area contributed by atoms with Gasteiger partial charge in [-0.3, -0.25) is 24.0 Å². The third-order valence-corrected chi connectivity index (χ3v) is 8.62. The van der Waals surface area contributed by atoms with Crippen LogP contribution >= 0.6 is 11.8 Å². The number of aliphatic hydroxyl groups excluding tert-OH is 4. The molecule has 1 aliphatic rings. The van der Waals surface area contributed by atoms with Crippen LogP contribution in [0.4, 0.5) is 0 Å². The van der Waals surface area contributed by atoms with Crippen molar-refractivity contribution >= 4 is 47.4 Å². The fraction of sp³-hybridized carbons (Fsp3) is 0.387. The lowest BCUT2D eigenvalue weighted by molar-refractivity contribution is -0.277. The third kappa shape index (κ3) is 10.4. The number of carbonyl (C=O) groups is 5. The number of aromatic hydroxyl groups is 4. The number of aliphatic carboxylic acids is 2. The van der Waals surface area contributed by atoms with Gasteiger partial charge in [0.15, 0.2) is 17.3 Å². The SMILES string of the molecule is NC(CCC(=O)NC(CSc1c(O)c(O)c(OC2OC(CO)C(O)C(O)C2O)c(C(=O)/C=C/c2ccc(O)cc2)c1O)C(=O)NCC(=O)O)C(=O)O. The molecule has 7 unspecified atom stereocenters. The predicted molar refractivity (Wildman–Crippen MR) is 175 cm³/mol. The summed E-state index contributed by atoms with van der Waals surface area (Å²) in [7, 11) is 0. The topological polar surface area (TPSA) is 356 Å². The second-order valence-electron chi connectivity index (χ2n) is 11.2. The number of thioether (sulfide) groups is 1. The molecule has 2 aromatic rings. The van der Waals surface area contributed by atoms with E-state index in [2.05, 4.69) is 5.32 Å². The van der Waals surface area contributed by atoms with E-state index < -0.39 is 131 Å². The molecule has 21 heteroatoms. The molecule has 20 nitrogen and oxygen atoms in total. The van der Waals surface area contributed by atoms with Gasteiger partial charge >= 0.3 is 11.9 Å². The van der Waals surface area contributed by atoms with Gasteiger partial charge < -0.3 is 76.9 Å². The third-order valence-electron chi connectivity index (χ3n) is 7.44. The van der Waals surface area contributed by atoms with E-state index in [1.807, 2.05) is 5.32 Å². The number of nitrogens with one attached hydrogen (secondary N) is 2. The molecule has 0 aromatic heterocycles. The van der Waals surface area contributed by atoms with Crippen molar-refractivity contribution in [1.29, 1.82) is 0 Å². The van der Waals surface area contributed by atoms with Crippen LogP contribution in [-0.4, -0.2) is 142 Å². The quantitative estimate of drug-likeness (QED) is 0.0262. The maximum absolute atomic E-state index is 13.6. The zero-order chi connectivity index (χ0) is 38.9. The zero-order valence-corrected chi connectivity index (χ0v) is 27.7. The number of ether oxygens (including phenoxy) is 2. The molecule has 3 rings (SSSR count). The molecule has 0 radical (unpaired) electrons. The first-order chi connectivity index (χ1) is 24.5. The molecule has 1 aliphatic heterocycles. The summed E-state index contributed by atoms with van der Waals surface area (Å²) in [4.78, 5) is 60.3. The fourth-order valence-corrected chi connectivity index (χ4v) is 5.62. The Morgan fingerprint density at radius 3 is 2.19 bits per heavy atom. The van der Waals surface area contributed by atoms with Crippen LogP contribution in [0.1, 0.15) is 28.8 Å². The number of rotatable bonds is 17. The first-order valence-corrected chi connectivity index (χ1v) is 16.1. The van der Waals surface area contributed by atoms with E-state index in [4.69, 9.17) is 25.4 Å². The van der Waals surface area contributed by atoms with Crippen molar-refractivity contribution in [3.63, 3.8) is 0 Å². The summed E-state index contributed by atoms with van der Waals surface area (Å²) in [6.07, 6.45) is -8.08. The highest BCUT2D eigenvalue weighted by atomic mass is 32.2. The van der Waals surface area contributed by atoms with Gasteiger partial charge in [0.05, 0.1) is 11.5 Å². The van der Waals surface area contributed by atoms with Crippen LogP contribution < -0.4 is 21.1 Å². The lowest BCUT2D eigenvalue weighted by atomic mass is 9.99.